The van der Waals surface area contributed by atoms with Gasteiger partial charge in [-0.05, 0) is 22.9 Å². The summed E-state index contributed by atoms with van der Waals surface area (Å²) < 4.78 is 5.83. The smallest absolute Gasteiger partial charge is 0.274 e. The highest BCUT2D eigenvalue weighted by Crippen LogP contribution is 2.26. The number of amides is 1. The lowest BCUT2D eigenvalue weighted by molar-refractivity contribution is 0.0215. The number of hydrogen-bond acceptors (Lipinski definition) is 5. The molecule has 0 spiro atoms. The highest BCUT2D eigenvalue weighted by atomic mass is 79.9. The Morgan fingerprint density at radius 1 is 1.65 bits per heavy atom. The standard InChI is InChI=1S/C10H13BrN2O3S/c1-5-12-8(9(11)17-5)10(15)13-3-6(14)7(4-13)16-2/h6-7,14H,3-4H2,1-2H3/t6-,7-/m1/s1. The maximum Gasteiger partial charge on any atom is 0.274 e. The third kappa shape index (κ3) is 2.52. The Labute approximate surface area is 112 Å². The maximum atomic E-state index is 12.2. The molecule has 0 unspecified atom stereocenters. The van der Waals surface area contributed by atoms with Crippen molar-refractivity contribution in [3.63, 3.8) is 0 Å². The van der Waals surface area contributed by atoms with Crippen LogP contribution in [0.5, 0.6) is 0 Å². The molecule has 94 valence electrons. The molecular weight excluding hydrogens is 308 g/mol. The number of aromatic nitrogens is 1. The first-order valence-electron chi connectivity index (χ1n) is 5.16. The van der Waals surface area contributed by atoms with Crippen molar-refractivity contribution in [1.82, 2.24) is 9.88 Å². The molecular formula is C10H13BrN2O3S. The summed E-state index contributed by atoms with van der Waals surface area (Å²) in [4.78, 5) is 17.9. The zero-order valence-corrected chi connectivity index (χ0v) is 11.9. The molecule has 2 heterocycles. The molecule has 7 heteroatoms. The molecule has 2 atom stereocenters. The normalized spacial score (nSPS) is 24.4. The average molecular weight is 321 g/mol. The van der Waals surface area contributed by atoms with Crippen LogP contribution in [0.1, 0.15) is 15.5 Å². The van der Waals surface area contributed by atoms with E-state index >= 15 is 0 Å². The summed E-state index contributed by atoms with van der Waals surface area (Å²) in [5.74, 6) is -0.167. The summed E-state index contributed by atoms with van der Waals surface area (Å²) in [5, 5.41) is 10.5. The molecule has 1 aromatic rings. The number of rotatable bonds is 2. The van der Waals surface area contributed by atoms with Crippen LogP contribution in [0.3, 0.4) is 0 Å². The predicted molar refractivity (Wildman–Crippen MR) is 67.3 cm³/mol. The largest absolute Gasteiger partial charge is 0.388 e. The van der Waals surface area contributed by atoms with E-state index in [1.807, 2.05) is 6.92 Å². The number of ether oxygens (including phenoxy) is 1. The summed E-state index contributed by atoms with van der Waals surface area (Å²) >= 11 is 4.75. The Bertz CT molecular complexity index is 437. The predicted octanol–water partition coefficient (Wildman–Crippen LogP) is 1.05. The fraction of sp³-hybridized carbons (Fsp3) is 0.600. The lowest BCUT2D eigenvalue weighted by Crippen LogP contribution is -2.30. The topological polar surface area (TPSA) is 62.7 Å². The van der Waals surface area contributed by atoms with Crippen LogP contribution in [0.4, 0.5) is 0 Å². The average Bonchev–Trinajstić information content (AvgIpc) is 2.80. The molecule has 0 bridgehead atoms. The molecule has 0 radical (unpaired) electrons. The van der Waals surface area contributed by atoms with Crippen LogP contribution in [0.25, 0.3) is 0 Å². The van der Waals surface area contributed by atoms with Crippen molar-refractivity contribution in [3.05, 3.63) is 14.5 Å². The summed E-state index contributed by atoms with van der Waals surface area (Å²) in [6.07, 6.45) is -0.931. The van der Waals surface area contributed by atoms with Gasteiger partial charge in [0.2, 0.25) is 0 Å². The maximum absolute atomic E-state index is 12.2. The van der Waals surface area contributed by atoms with Crippen LogP contribution in [-0.2, 0) is 4.74 Å². The fourth-order valence-electron chi connectivity index (χ4n) is 1.84. The summed E-state index contributed by atoms with van der Waals surface area (Å²) in [7, 11) is 1.53. The van der Waals surface area contributed by atoms with Gasteiger partial charge in [-0.2, -0.15) is 0 Å². The van der Waals surface area contributed by atoms with Crippen LogP contribution in [0.15, 0.2) is 3.79 Å². The molecule has 0 aromatic carbocycles. The van der Waals surface area contributed by atoms with Crippen molar-refractivity contribution in [3.8, 4) is 0 Å². The number of hydrogen-bond donors (Lipinski definition) is 1. The van der Waals surface area contributed by atoms with E-state index in [9.17, 15) is 9.90 Å². The van der Waals surface area contributed by atoms with Gasteiger partial charge in [-0.25, -0.2) is 4.98 Å². The Kier molecular flexibility index (Phi) is 3.82. The number of halogens is 1. The van der Waals surface area contributed by atoms with E-state index in [1.54, 1.807) is 4.90 Å². The first-order chi connectivity index (χ1) is 8.02. The number of aliphatic hydroxyl groups is 1. The van der Waals surface area contributed by atoms with Crippen LogP contribution in [0, 0.1) is 6.92 Å². The van der Waals surface area contributed by atoms with Gasteiger partial charge < -0.3 is 14.7 Å². The summed E-state index contributed by atoms with van der Waals surface area (Å²) in [5.41, 5.74) is 0.413. The molecule has 0 saturated carbocycles. The minimum atomic E-state index is -0.623. The fourth-order valence-corrected chi connectivity index (χ4v) is 3.43. The molecule has 1 N–H and O–H groups in total. The number of carbonyl (C=O) groups excluding carboxylic acids is 1. The SMILES string of the molecule is CO[C@@H]1CN(C(=O)c2nc(C)sc2Br)C[C@H]1O. The Morgan fingerprint density at radius 2 is 2.35 bits per heavy atom. The van der Waals surface area contributed by atoms with E-state index < -0.39 is 6.10 Å². The third-order valence-corrected chi connectivity index (χ3v) is 4.34. The van der Waals surface area contributed by atoms with Crippen molar-refractivity contribution < 1.29 is 14.6 Å². The Balaban J connectivity index is 2.14. The highest BCUT2D eigenvalue weighted by molar-refractivity contribution is 9.11. The van der Waals surface area contributed by atoms with Crippen molar-refractivity contribution in [2.24, 2.45) is 0 Å². The first kappa shape index (κ1) is 12.9. The van der Waals surface area contributed by atoms with Gasteiger partial charge in [-0.3, -0.25) is 4.79 Å². The van der Waals surface area contributed by atoms with Gasteiger partial charge in [0.05, 0.1) is 11.1 Å². The zero-order chi connectivity index (χ0) is 12.6. The Hall–Kier alpha value is -0.500. The number of thiazole rings is 1. The van der Waals surface area contributed by atoms with Crippen molar-refractivity contribution in [2.75, 3.05) is 20.2 Å². The second-order valence-corrected chi connectivity index (χ2v) is 6.43. The number of β-amino-alcohol motifs (C(OH)–C–C–N with tert-alkyl or cyclic N) is 1. The van der Waals surface area contributed by atoms with E-state index in [4.69, 9.17) is 4.74 Å². The van der Waals surface area contributed by atoms with E-state index in [0.29, 0.717) is 18.8 Å². The van der Waals surface area contributed by atoms with Gasteiger partial charge in [0.1, 0.15) is 9.89 Å². The van der Waals surface area contributed by atoms with E-state index in [-0.39, 0.29) is 12.0 Å². The van der Waals surface area contributed by atoms with Crippen molar-refractivity contribution in [2.45, 2.75) is 19.1 Å². The molecule has 17 heavy (non-hydrogen) atoms. The van der Waals surface area contributed by atoms with Gasteiger partial charge in [-0.1, -0.05) is 0 Å². The van der Waals surface area contributed by atoms with Gasteiger partial charge in [-0.15, -0.1) is 11.3 Å². The first-order valence-corrected chi connectivity index (χ1v) is 6.77. The van der Waals surface area contributed by atoms with Crippen molar-refractivity contribution >= 4 is 33.2 Å². The molecule has 1 aliphatic rings. The molecule has 1 fully saturated rings. The Morgan fingerprint density at radius 3 is 2.82 bits per heavy atom. The minimum absolute atomic E-state index is 0.167. The molecule has 0 aliphatic carbocycles. The second-order valence-electron chi connectivity index (χ2n) is 3.91. The van der Waals surface area contributed by atoms with Crippen LogP contribution < -0.4 is 0 Å². The molecule has 2 rings (SSSR count). The molecule has 1 amide bonds. The van der Waals surface area contributed by atoms with Gasteiger partial charge in [0.15, 0.2) is 5.69 Å². The number of aryl methyl sites for hydroxylation is 1. The third-order valence-electron chi connectivity index (χ3n) is 2.72. The number of carbonyl (C=O) groups is 1. The van der Waals surface area contributed by atoms with Gasteiger partial charge in [0, 0.05) is 20.2 Å². The summed E-state index contributed by atoms with van der Waals surface area (Å²) in [6, 6.07) is 0. The molecule has 1 aliphatic heterocycles. The van der Waals surface area contributed by atoms with Gasteiger partial charge in [0.25, 0.3) is 5.91 Å². The lowest BCUT2D eigenvalue weighted by atomic mass is 10.3. The molecule has 5 nitrogen and oxygen atoms in total. The van der Waals surface area contributed by atoms with Gasteiger partial charge >= 0.3 is 0 Å². The monoisotopic (exact) mass is 320 g/mol. The summed E-state index contributed by atoms with van der Waals surface area (Å²) in [6.45, 7) is 2.54. The zero-order valence-electron chi connectivity index (χ0n) is 9.51. The van der Waals surface area contributed by atoms with Crippen molar-refractivity contribution in [1.29, 1.82) is 0 Å². The molecule has 1 saturated heterocycles. The number of nitrogens with zero attached hydrogens (tertiary/aromatic N) is 2. The number of methoxy groups -OCH3 is 1. The van der Waals surface area contributed by atoms with E-state index in [1.165, 1.54) is 18.4 Å². The van der Waals surface area contributed by atoms with E-state index in [2.05, 4.69) is 20.9 Å². The van der Waals surface area contributed by atoms with Crippen LogP contribution in [0.2, 0.25) is 0 Å². The lowest BCUT2D eigenvalue weighted by Gasteiger charge is -2.14. The quantitative estimate of drug-likeness (QED) is 0.884. The highest BCUT2D eigenvalue weighted by Gasteiger charge is 2.35. The van der Waals surface area contributed by atoms with E-state index in [0.717, 1.165) is 8.79 Å². The number of likely N-dealkylation sites (tertiary alicyclic amines) is 1. The second kappa shape index (κ2) is 5.01. The minimum Gasteiger partial charge on any atom is -0.388 e. The van der Waals surface area contributed by atoms with Crippen LogP contribution >= 0.6 is 27.3 Å². The number of aliphatic hydroxyl groups excluding tert-OH is 1. The van der Waals surface area contributed by atoms with Crippen LogP contribution in [-0.4, -0.2) is 53.3 Å². The molecule has 1 aromatic heterocycles.